The van der Waals surface area contributed by atoms with Gasteiger partial charge in [-0.05, 0) is 44.0 Å². The molecule has 0 bridgehead atoms. The smallest absolute Gasteiger partial charge is 0.115 e. The van der Waals surface area contributed by atoms with Gasteiger partial charge in [0.05, 0.1) is 6.10 Å². The van der Waals surface area contributed by atoms with Gasteiger partial charge in [-0.3, -0.25) is 0 Å². The van der Waals surface area contributed by atoms with E-state index in [1.165, 1.54) is 6.42 Å². The van der Waals surface area contributed by atoms with Crippen LogP contribution >= 0.6 is 0 Å². The number of benzene rings is 1. The Morgan fingerprint density at radius 3 is 2.50 bits per heavy atom. The van der Waals surface area contributed by atoms with Crippen molar-refractivity contribution in [1.82, 2.24) is 5.32 Å². The van der Waals surface area contributed by atoms with Crippen molar-refractivity contribution >= 4 is 0 Å². The fourth-order valence-electron chi connectivity index (χ4n) is 2.34. The molecule has 0 spiro atoms. The highest BCUT2D eigenvalue weighted by atomic mass is 16.3. The third-order valence-electron chi connectivity index (χ3n) is 3.46. The summed E-state index contributed by atoms with van der Waals surface area (Å²) < 4.78 is 0. The quantitative estimate of drug-likeness (QED) is 0.715. The minimum atomic E-state index is -0.520. The maximum absolute atomic E-state index is 10.4. The van der Waals surface area contributed by atoms with Crippen LogP contribution in [-0.4, -0.2) is 22.3 Å². The Balaban J connectivity index is 2.16. The van der Waals surface area contributed by atoms with E-state index in [9.17, 15) is 10.2 Å². The fraction of sp³-hybridized carbons (Fsp3) is 0.538. The molecular formula is C13H19NO2. The largest absolute Gasteiger partial charge is 0.508 e. The first kappa shape index (κ1) is 11.4. The van der Waals surface area contributed by atoms with Gasteiger partial charge in [-0.1, -0.05) is 18.6 Å². The predicted molar refractivity (Wildman–Crippen MR) is 63.3 cm³/mol. The molecule has 1 aliphatic heterocycles. The Kier molecular flexibility index (Phi) is 3.17. The van der Waals surface area contributed by atoms with Crippen LogP contribution in [-0.2, 0) is 0 Å². The highest BCUT2D eigenvalue weighted by molar-refractivity contribution is 5.29. The molecule has 0 radical (unpaired) electrons. The molecule has 3 N–H and O–H groups in total. The Bertz CT molecular complexity index is 341. The van der Waals surface area contributed by atoms with Crippen LogP contribution in [0.5, 0.6) is 5.75 Å². The Labute approximate surface area is 96.1 Å². The van der Waals surface area contributed by atoms with Crippen LogP contribution in [0.4, 0.5) is 0 Å². The van der Waals surface area contributed by atoms with Crippen molar-refractivity contribution in [2.24, 2.45) is 0 Å². The van der Waals surface area contributed by atoms with Crippen LogP contribution in [0.15, 0.2) is 24.3 Å². The Hall–Kier alpha value is -1.06. The lowest BCUT2D eigenvalue weighted by molar-refractivity contribution is 0.0514. The summed E-state index contributed by atoms with van der Waals surface area (Å²) >= 11 is 0. The summed E-state index contributed by atoms with van der Waals surface area (Å²) in [6, 6.07) is 6.79. The predicted octanol–water partition coefficient (Wildman–Crippen LogP) is 1.96. The Morgan fingerprint density at radius 2 is 1.94 bits per heavy atom. The van der Waals surface area contributed by atoms with Gasteiger partial charge in [-0.2, -0.15) is 0 Å². The molecule has 2 atom stereocenters. The number of phenols is 1. The molecule has 1 fully saturated rings. The molecule has 1 saturated heterocycles. The molecule has 0 unspecified atom stereocenters. The van der Waals surface area contributed by atoms with Crippen molar-refractivity contribution in [1.29, 1.82) is 0 Å². The third-order valence-corrected chi connectivity index (χ3v) is 3.46. The zero-order valence-electron chi connectivity index (χ0n) is 9.61. The number of aliphatic hydroxyl groups is 1. The van der Waals surface area contributed by atoms with Gasteiger partial charge >= 0.3 is 0 Å². The first-order valence-corrected chi connectivity index (χ1v) is 5.84. The molecule has 2 rings (SSSR count). The van der Waals surface area contributed by atoms with Crippen molar-refractivity contribution in [3.05, 3.63) is 29.8 Å². The summed E-state index contributed by atoms with van der Waals surface area (Å²) in [7, 11) is 0. The summed E-state index contributed by atoms with van der Waals surface area (Å²) in [6.45, 7) is 3.02. The van der Waals surface area contributed by atoms with Crippen LogP contribution in [0, 0.1) is 0 Å². The molecule has 0 aromatic heterocycles. The second-order valence-corrected chi connectivity index (χ2v) is 4.80. The van der Waals surface area contributed by atoms with Crippen LogP contribution in [0.1, 0.15) is 37.9 Å². The van der Waals surface area contributed by atoms with E-state index in [0.717, 1.165) is 24.9 Å². The van der Waals surface area contributed by atoms with Gasteiger partial charge in [0.2, 0.25) is 0 Å². The fourth-order valence-corrected chi connectivity index (χ4v) is 2.34. The van der Waals surface area contributed by atoms with Gasteiger partial charge in [0.1, 0.15) is 5.75 Å². The number of hydrogen-bond donors (Lipinski definition) is 3. The van der Waals surface area contributed by atoms with E-state index >= 15 is 0 Å². The topological polar surface area (TPSA) is 52.5 Å². The van der Waals surface area contributed by atoms with Crippen molar-refractivity contribution in [2.75, 3.05) is 6.54 Å². The average Bonchev–Trinajstić information content (AvgIpc) is 2.30. The highest BCUT2D eigenvalue weighted by Gasteiger charge is 2.34. The number of hydrogen-bond acceptors (Lipinski definition) is 3. The van der Waals surface area contributed by atoms with E-state index in [2.05, 4.69) is 12.2 Å². The first-order chi connectivity index (χ1) is 7.62. The minimum absolute atomic E-state index is 0.234. The van der Waals surface area contributed by atoms with E-state index in [4.69, 9.17) is 0 Å². The monoisotopic (exact) mass is 221 g/mol. The number of nitrogens with one attached hydrogen (secondary N) is 1. The summed E-state index contributed by atoms with van der Waals surface area (Å²) in [4.78, 5) is 0. The Morgan fingerprint density at radius 1 is 1.25 bits per heavy atom. The number of piperidine rings is 1. The highest BCUT2D eigenvalue weighted by Crippen LogP contribution is 2.32. The lowest BCUT2D eigenvalue weighted by Gasteiger charge is -2.39. The maximum atomic E-state index is 10.4. The molecule has 88 valence electrons. The summed E-state index contributed by atoms with van der Waals surface area (Å²) in [5, 5.41) is 23.0. The zero-order chi connectivity index (χ0) is 11.6. The maximum Gasteiger partial charge on any atom is 0.115 e. The van der Waals surface area contributed by atoms with Crippen LogP contribution in [0.2, 0.25) is 0 Å². The molecule has 1 heterocycles. The van der Waals surface area contributed by atoms with Crippen molar-refractivity contribution < 1.29 is 10.2 Å². The molecule has 0 aliphatic carbocycles. The summed E-state index contributed by atoms with van der Waals surface area (Å²) in [5.74, 6) is 0.234. The minimum Gasteiger partial charge on any atom is -0.508 e. The van der Waals surface area contributed by atoms with Gasteiger partial charge < -0.3 is 15.5 Å². The second-order valence-electron chi connectivity index (χ2n) is 4.80. The van der Waals surface area contributed by atoms with E-state index in [0.29, 0.717) is 0 Å². The number of rotatable bonds is 2. The van der Waals surface area contributed by atoms with E-state index in [1.807, 2.05) is 0 Å². The van der Waals surface area contributed by atoms with Crippen LogP contribution < -0.4 is 5.32 Å². The van der Waals surface area contributed by atoms with Gasteiger partial charge in [0.25, 0.3) is 0 Å². The van der Waals surface area contributed by atoms with Crippen molar-refractivity contribution in [3.8, 4) is 5.75 Å². The zero-order valence-corrected chi connectivity index (χ0v) is 9.61. The van der Waals surface area contributed by atoms with Crippen molar-refractivity contribution in [2.45, 2.75) is 37.8 Å². The van der Waals surface area contributed by atoms with Crippen LogP contribution in [0.25, 0.3) is 0 Å². The molecule has 1 aromatic carbocycles. The first-order valence-electron chi connectivity index (χ1n) is 5.84. The lowest BCUT2D eigenvalue weighted by atomic mass is 9.82. The van der Waals surface area contributed by atoms with Gasteiger partial charge in [0.15, 0.2) is 0 Å². The summed E-state index contributed by atoms with van der Waals surface area (Å²) in [5.41, 5.74) is 0.615. The van der Waals surface area contributed by atoms with Gasteiger partial charge in [0, 0.05) is 5.54 Å². The number of phenolic OH excluding ortho intramolecular Hbond substituents is 1. The summed E-state index contributed by atoms with van der Waals surface area (Å²) in [6.07, 6.45) is 2.79. The molecule has 3 heteroatoms. The average molecular weight is 221 g/mol. The van der Waals surface area contributed by atoms with E-state index in [1.54, 1.807) is 24.3 Å². The number of aliphatic hydroxyl groups excluding tert-OH is 1. The number of aromatic hydroxyl groups is 1. The standard InChI is InChI=1S/C13H19NO2/c1-13(8-2-3-9-14-13)12(16)10-4-6-11(15)7-5-10/h4-7,12,14-16H,2-3,8-9H2,1H3/t12-,13-/m0/s1. The molecule has 0 amide bonds. The molecule has 0 saturated carbocycles. The second kappa shape index (κ2) is 4.44. The SMILES string of the molecule is C[C@@]1([C@@H](O)c2ccc(O)cc2)CCCCN1. The molecule has 3 nitrogen and oxygen atoms in total. The molecule has 1 aliphatic rings. The third kappa shape index (κ3) is 2.20. The van der Waals surface area contributed by atoms with Gasteiger partial charge in [-0.15, -0.1) is 0 Å². The molecular weight excluding hydrogens is 202 g/mol. The molecule has 16 heavy (non-hydrogen) atoms. The van der Waals surface area contributed by atoms with E-state index in [-0.39, 0.29) is 11.3 Å². The van der Waals surface area contributed by atoms with Crippen molar-refractivity contribution in [3.63, 3.8) is 0 Å². The van der Waals surface area contributed by atoms with Gasteiger partial charge in [-0.25, -0.2) is 0 Å². The van der Waals surface area contributed by atoms with E-state index < -0.39 is 6.10 Å². The molecule has 1 aromatic rings. The lowest BCUT2D eigenvalue weighted by Crippen LogP contribution is -2.50. The van der Waals surface area contributed by atoms with Crippen LogP contribution in [0.3, 0.4) is 0 Å². The normalized spacial score (nSPS) is 27.6.